The number of tetrazole rings is 1. The number of benzene rings is 2. The first-order valence-corrected chi connectivity index (χ1v) is 7.43. The van der Waals surface area contributed by atoms with Crippen LogP contribution in [0.4, 0.5) is 14.9 Å². The number of ether oxygens (including phenoxy) is 1. The quantitative estimate of drug-likeness (QED) is 0.717. The number of imide groups is 1. The van der Waals surface area contributed by atoms with Crippen molar-refractivity contribution in [2.45, 2.75) is 0 Å². The lowest BCUT2D eigenvalue weighted by Gasteiger charge is -2.09. The molecule has 26 heavy (non-hydrogen) atoms. The molecule has 3 rings (SSSR count). The Hall–Kier alpha value is -3.82. The molecule has 2 aromatic carbocycles. The fraction of sp³-hybridized carbons (Fsp3) is 0.0625. The number of anilines is 1. The lowest BCUT2D eigenvalue weighted by molar-refractivity contribution is -0.121. The van der Waals surface area contributed by atoms with Gasteiger partial charge >= 0.3 is 6.03 Å². The van der Waals surface area contributed by atoms with Crippen LogP contribution < -0.4 is 15.4 Å². The fourth-order valence-corrected chi connectivity index (χ4v) is 2.00. The molecule has 0 fully saturated rings. The van der Waals surface area contributed by atoms with Gasteiger partial charge in [0.1, 0.15) is 17.9 Å². The molecular formula is C16H13FN6O3. The first-order valence-electron chi connectivity index (χ1n) is 7.43. The topological polar surface area (TPSA) is 111 Å². The van der Waals surface area contributed by atoms with Crippen molar-refractivity contribution in [3.63, 3.8) is 0 Å². The van der Waals surface area contributed by atoms with E-state index in [4.69, 9.17) is 4.74 Å². The maximum atomic E-state index is 13.4. The Morgan fingerprint density at radius 2 is 1.88 bits per heavy atom. The number of hydrogen-bond acceptors (Lipinski definition) is 6. The Morgan fingerprint density at radius 3 is 2.58 bits per heavy atom. The second kappa shape index (κ2) is 7.83. The standard InChI is InChI=1S/C16H13FN6O3/c17-13-3-1-2-4-14(13)19-16(25)20-15(24)9-26-12-7-5-11(6-8-12)23-10-18-21-22-23/h1-8,10H,9H2,(H2,19,20,24,25). The van der Waals surface area contributed by atoms with E-state index in [-0.39, 0.29) is 12.3 Å². The first-order chi connectivity index (χ1) is 12.6. The molecule has 0 saturated carbocycles. The van der Waals surface area contributed by atoms with E-state index < -0.39 is 17.8 Å². The molecule has 3 aromatic rings. The van der Waals surface area contributed by atoms with Gasteiger partial charge in [-0.2, -0.15) is 0 Å². The summed E-state index contributed by atoms with van der Waals surface area (Å²) in [6.45, 7) is -0.380. The Balaban J connectivity index is 1.48. The van der Waals surface area contributed by atoms with E-state index in [0.29, 0.717) is 5.75 Å². The van der Waals surface area contributed by atoms with E-state index in [1.54, 1.807) is 30.3 Å². The van der Waals surface area contributed by atoms with Crippen molar-refractivity contribution < 1.29 is 18.7 Å². The molecule has 3 amide bonds. The number of halogens is 1. The van der Waals surface area contributed by atoms with Crippen molar-refractivity contribution in [1.82, 2.24) is 25.5 Å². The van der Waals surface area contributed by atoms with Gasteiger partial charge in [-0.3, -0.25) is 10.1 Å². The number of aromatic nitrogens is 4. The number of nitrogens with one attached hydrogen (secondary N) is 2. The summed E-state index contributed by atoms with van der Waals surface area (Å²) in [5.41, 5.74) is 0.688. The first kappa shape index (κ1) is 17.0. The van der Waals surface area contributed by atoms with E-state index in [1.165, 1.54) is 29.2 Å². The highest BCUT2D eigenvalue weighted by molar-refractivity contribution is 6.01. The molecule has 1 heterocycles. The molecule has 0 radical (unpaired) electrons. The average Bonchev–Trinajstić information content (AvgIpc) is 3.17. The van der Waals surface area contributed by atoms with Crippen LogP contribution in [0.5, 0.6) is 5.75 Å². The van der Waals surface area contributed by atoms with E-state index >= 15 is 0 Å². The molecule has 0 bridgehead atoms. The van der Waals surface area contributed by atoms with Crippen LogP contribution in [0.2, 0.25) is 0 Å². The molecular weight excluding hydrogens is 343 g/mol. The highest BCUT2D eigenvalue weighted by Gasteiger charge is 2.10. The maximum Gasteiger partial charge on any atom is 0.326 e. The number of nitrogens with zero attached hydrogens (tertiary/aromatic N) is 4. The second-order valence-corrected chi connectivity index (χ2v) is 5.02. The molecule has 2 N–H and O–H groups in total. The molecule has 1 aromatic heterocycles. The summed E-state index contributed by atoms with van der Waals surface area (Å²) < 4.78 is 20.2. The van der Waals surface area contributed by atoms with Gasteiger partial charge in [0.15, 0.2) is 6.61 Å². The van der Waals surface area contributed by atoms with Crippen LogP contribution >= 0.6 is 0 Å². The molecule has 0 aliphatic carbocycles. The van der Waals surface area contributed by atoms with Crippen LogP contribution in [0, 0.1) is 5.82 Å². The minimum Gasteiger partial charge on any atom is -0.484 e. The summed E-state index contributed by atoms with van der Waals surface area (Å²) >= 11 is 0. The van der Waals surface area contributed by atoms with E-state index in [2.05, 4.69) is 20.8 Å². The summed E-state index contributed by atoms with van der Waals surface area (Å²) in [5, 5.41) is 15.1. The van der Waals surface area contributed by atoms with Crippen molar-refractivity contribution in [1.29, 1.82) is 0 Å². The zero-order valence-corrected chi connectivity index (χ0v) is 13.3. The van der Waals surface area contributed by atoms with Gasteiger partial charge in [-0.05, 0) is 46.8 Å². The third-order valence-electron chi connectivity index (χ3n) is 3.20. The Kier molecular flexibility index (Phi) is 5.13. The van der Waals surface area contributed by atoms with Crippen LogP contribution in [0.1, 0.15) is 0 Å². The number of para-hydroxylation sites is 1. The van der Waals surface area contributed by atoms with E-state index in [9.17, 15) is 14.0 Å². The molecule has 0 atom stereocenters. The molecule has 0 aliphatic heterocycles. The number of carbonyl (C=O) groups is 2. The van der Waals surface area contributed by atoms with Crippen LogP contribution in [-0.2, 0) is 4.79 Å². The normalized spacial score (nSPS) is 10.2. The second-order valence-electron chi connectivity index (χ2n) is 5.02. The molecule has 0 saturated heterocycles. The maximum absolute atomic E-state index is 13.4. The lowest BCUT2D eigenvalue weighted by Crippen LogP contribution is -2.37. The molecule has 10 heteroatoms. The lowest BCUT2D eigenvalue weighted by atomic mass is 10.3. The number of amides is 3. The average molecular weight is 356 g/mol. The van der Waals surface area contributed by atoms with Gasteiger partial charge in [-0.25, -0.2) is 13.9 Å². The number of urea groups is 1. The van der Waals surface area contributed by atoms with Gasteiger partial charge in [0, 0.05) is 0 Å². The van der Waals surface area contributed by atoms with Gasteiger partial charge in [0.25, 0.3) is 5.91 Å². The molecule has 0 unspecified atom stereocenters. The third-order valence-corrected chi connectivity index (χ3v) is 3.20. The third kappa shape index (κ3) is 4.38. The van der Waals surface area contributed by atoms with Gasteiger partial charge in [-0.15, -0.1) is 5.10 Å². The van der Waals surface area contributed by atoms with E-state index in [0.717, 1.165) is 5.69 Å². The summed E-state index contributed by atoms with van der Waals surface area (Å²) in [6, 6.07) is 11.4. The Morgan fingerprint density at radius 1 is 1.12 bits per heavy atom. The minimum absolute atomic E-state index is 0.0306. The minimum atomic E-state index is -0.849. The number of hydrogen-bond donors (Lipinski definition) is 2. The van der Waals surface area contributed by atoms with Gasteiger partial charge in [-0.1, -0.05) is 12.1 Å². The van der Waals surface area contributed by atoms with Crippen LogP contribution in [0.3, 0.4) is 0 Å². The monoisotopic (exact) mass is 356 g/mol. The van der Waals surface area contributed by atoms with Crippen molar-refractivity contribution in [3.8, 4) is 11.4 Å². The highest BCUT2D eigenvalue weighted by atomic mass is 19.1. The van der Waals surface area contributed by atoms with Crippen molar-refractivity contribution >= 4 is 17.6 Å². The van der Waals surface area contributed by atoms with Crippen LogP contribution in [0.25, 0.3) is 5.69 Å². The molecule has 9 nitrogen and oxygen atoms in total. The van der Waals surface area contributed by atoms with Gasteiger partial charge in [0.05, 0.1) is 11.4 Å². The predicted octanol–water partition coefficient (Wildman–Crippen LogP) is 1.53. The molecule has 0 aliphatic rings. The van der Waals surface area contributed by atoms with Gasteiger partial charge < -0.3 is 10.1 Å². The summed E-state index contributed by atoms with van der Waals surface area (Å²) in [5.74, 6) is -0.858. The van der Waals surface area contributed by atoms with Crippen molar-refractivity contribution in [2.75, 3.05) is 11.9 Å². The predicted molar refractivity (Wildman–Crippen MR) is 88.2 cm³/mol. The van der Waals surface area contributed by atoms with Crippen molar-refractivity contribution in [2.24, 2.45) is 0 Å². The largest absolute Gasteiger partial charge is 0.484 e. The van der Waals surface area contributed by atoms with Gasteiger partial charge in [0.2, 0.25) is 0 Å². The molecule has 132 valence electrons. The molecule has 0 spiro atoms. The zero-order valence-electron chi connectivity index (χ0n) is 13.3. The SMILES string of the molecule is O=C(COc1ccc(-n2cnnn2)cc1)NC(=O)Nc1ccccc1F. The van der Waals surface area contributed by atoms with Crippen molar-refractivity contribution in [3.05, 3.63) is 60.7 Å². The smallest absolute Gasteiger partial charge is 0.326 e. The summed E-state index contributed by atoms with van der Waals surface area (Å²) in [7, 11) is 0. The number of carbonyl (C=O) groups excluding carboxylic acids is 2. The fourth-order valence-electron chi connectivity index (χ4n) is 2.00. The number of rotatable bonds is 5. The summed E-state index contributed by atoms with van der Waals surface area (Å²) in [4.78, 5) is 23.4. The van der Waals surface area contributed by atoms with E-state index in [1.807, 2.05) is 5.32 Å². The zero-order chi connectivity index (χ0) is 18.4. The van der Waals surface area contributed by atoms with Crippen LogP contribution in [0.15, 0.2) is 54.9 Å². The van der Waals surface area contributed by atoms with Crippen LogP contribution in [-0.4, -0.2) is 38.8 Å². The Bertz CT molecular complexity index is 899. The Labute approximate surface area is 146 Å². The summed E-state index contributed by atoms with van der Waals surface area (Å²) in [6.07, 6.45) is 1.44. The highest BCUT2D eigenvalue weighted by Crippen LogP contribution is 2.14.